The molecule has 0 bridgehead atoms. The Morgan fingerprint density at radius 2 is 2.00 bits per heavy atom. The third-order valence-corrected chi connectivity index (χ3v) is 4.40. The van der Waals surface area contributed by atoms with Gasteiger partial charge in [-0.2, -0.15) is 0 Å². The molecule has 8 heteroatoms. The Labute approximate surface area is 133 Å². The van der Waals surface area contributed by atoms with Crippen LogP contribution >= 0.6 is 11.3 Å². The van der Waals surface area contributed by atoms with Crippen molar-refractivity contribution in [2.75, 3.05) is 32.7 Å². The second-order valence-electron chi connectivity index (χ2n) is 5.24. The van der Waals surface area contributed by atoms with Crippen molar-refractivity contribution in [1.29, 1.82) is 0 Å². The van der Waals surface area contributed by atoms with Gasteiger partial charge in [0.05, 0.1) is 11.4 Å². The summed E-state index contributed by atoms with van der Waals surface area (Å²) >= 11 is 1.34. The first-order valence-electron chi connectivity index (χ1n) is 7.11. The summed E-state index contributed by atoms with van der Waals surface area (Å²) in [6, 6.07) is 2.95. The highest BCUT2D eigenvalue weighted by Crippen LogP contribution is 2.09. The van der Waals surface area contributed by atoms with Gasteiger partial charge in [-0.1, -0.05) is 6.07 Å². The van der Waals surface area contributed by atoms with E-state index < -0.39 is 6.04 Å². The van der Waals surface area contributed by atoms with Crippen LogP contribution in [0.1, 0.15) is 16.6 Å². The van der Waals surface area contributed by atoms with Gasteiger partial charge >= 0.3 is 0 Å². The van der Waals surface area contributed by atoms with Crippen LogP contribution in [0.2, 0.25) is 0 Å². The van der Waals surface area contributed by atoms with Crippen LogP contribution in [0.5, 0.6) is 0 Å². The summed E-state index contributed by atoms with van der Waals surface area (Å²) in [6.45, 7) is 4.19. The number of nitrogens with one attached hydrogen (secondary N) is 1. The van der Waals surface area contributed by atoms with Gasteiger partial charge in [0, 0.05) is 26.2 Å². The number of nitrogens with two attached hydrogens (primary N) is 1. The van der Waals surface area contributed by atoms with E-state index in [1.165, 1.54) is 11.3 Å². The zero-order valence-electron chi connectivity index (χ0n) is 12.4. The van der Waals surface area contributed by atoms with E-state index in [0.717, 1.165) is 0 Å². The summed E-state index contributed by atoms with van der Waals surface area (Å²) in [6.07, 6.45) is 0. The van der Waals surface area contributed by atoms with Gasteiger partial charge in [0.1, 0.15) is 6.04 Å². The van der Waals surface area contributed by atoms with Crippen molar-refractivity contribution in [3.8, 4) is 0 Å². The molecule has 0 saturated carbocycles. The van der Waals surface area contributed by atoms with Crippen LogP contribution in [-0.2, 0) is 9.59 Å². The van der Waals surface area contributed by atoms with Gasteiger partial charge in [-0.15, -0.1) is 11.3 Å². The van der Waals surface area contributed by atoms with E-state index in [4.69, 9.17) is 5.73 Å². The van der Waals surface area contributed by atoms with Gasteiger partial charge in [-0.3, -0.25) is 19.3 Å². The molecule has 1 aliphatic heterocycles. The van der Waals surface area contributed by atoms with E-state index >= 15 is 0 Å². The Morgan fingerprint density at radius 1 is 1.32 bits per heavy atom. The Kier molecular flexibility index (Phi) is 5.51. The summed E-state index contributed by atoms with van der Waals surface area (Å²) < 4.78 is 0. The van der Waals surface area contributed by atoms with Crippen LogP contribution in [0.3, 0.4) is 0 Å². The molecule has 0 radical (unpaired) electrons. The quantitative estimate of drug-likeness (QED) is 0.763. The second kappa shape index (κ2) is 7.37. The van der Waals surface area contributed by atoms with E-state index in [-0.39, 0.29) is 24.3 Å². The lowest BCUT2D eigenvalue weighted by Crippen LogP contribution is -2.55. The Bertz CT molecular complexity index is 538. The molecule has 2 heterocycles. The number of rotatable bonds is 5. The lowest BCUT2D eigenvalue weighted by molar-refractivity contribution is -0.134. The largest absolute Gasteiger partial charge is 0.369 e. The number of nitrogens with zero attached hydrogens (tertiary/aromatic N) is 2. The molecule has 7 nitrogen and oxygen atoms in total. The average Bonchev–Trinajstić information content (AvgIpc) is 3.01. The lowest BCUT2D eigenvalue weighted by Gasteiger charge is -2.35. The normalized spacial score (nSPS) is 17.0. The maximum Gasteiger partial charge on any atom is 0.261 e. The molecule has 3 amide bonds. The van der Waals surface area contributed by atoms with Crippen LogP contribution in [0.15, 0.2) is 17.5 Å². The molecule has 3 N–H and O–H groups in total. The molecule has 1 aromatic heterocycles. The maximum atomic E-state index is 12.3. The molecule has 2 rings (SSSR count). The van der Waals surface area contributed by atoms with Crippen molar-refractivity contribution >= 4 is 29.1 Å². The number of thiophene rings is 1. The molecule has 1 atom stereocenters. The summed E-state index contributed by atoms with van der Waals surface area (Å²) in [5.74, 6) is -0.705. The van der Waals surface area contributed by atoms with Crippen LogP contribution < -0.4 is 11.1 Å². The number of carbonyl (C=O) groups is 3. The Balaban J connectivity index is 1.82. The number of amides is 3. The second-order valence-corrected chi connectivity index (χ2v) is 6.19. The predicted octanol–water partition coefficient (Wildman–Crippen LogP) is -0.504. The smallest absolute Gasteiger partial charge is 0.261 e. The Hall–Kier alpha value is -1.93. The van der Waals surface area contributed by atoms with Crippen LogP contribution in [0, 0.1) is 0 Å². The van der Waals surface area contributed by atoms with Crippen LogP contribution in [0.4, 0.5) is 0 Å². The van der Waals surface area contributed by atoms with Gasteiger partial charge < -0.3 is 16.0 Å². The fraction of sp³-hybridized carbons (Fsp3) is 0.500. The molecule has 0 aromatic carbocycles. The molecule has 1 aromatic rings. The Morgan fingerprint density at radius 3 is 2.55 bits per heavy atom. The average molecular weight is 324 g/mol. The number of hydrogen-bond donors (Lipinski definition) is 2. The third kappa shape index (κ3) is 4.28. The molecule has 22 heavy (non-hydrogen) atoms. The first kappa shape index (κ1) is 16.4. The molecule has 1 saturated heterocycles. The topological polar surface area (TPSA) is 95.7 Å². The van der Waals surface area contributed by atoms with E-state index in [1.54, 1.807) is 24.0 Å². The fourth-order valence-corrected chi connectivity index (χ4v) is 2.98. The summed E-state index contributed by atoms with van der Waals surface area (Å²) in [5.41, 5.74) is 5.16. The van der Waals surface area contributed by atoms with Crippen LogP contribution in [-0.4, -0.2) is 66.3 Å². The zero-order valence-corrected chi connectivity index (χ0v) is 13.3. The van der Waals surface area contributed by atoms with Crippen molar-refractivity contribution < 1.29 is 14.4 Å². The summed E-state index contributed by atoms with van der Waals surface area (Å²) in [5, 5.41) is 4.53. The lowest BCUT2D eigenvalue weighted by atomic mass is 10.2. The first-order valence-corrected chi connectivity index (χ1v) is 7.99. The molecular weight excluding hydrogens is 304 g/mol. The molecule has 1 fully saturated rings. The van der Waals surface area contributed by atoms with Gasteiger partial charge in [-0.05, 0) is 18.4 Å². The molecule has 1 unspecified atom stereocenters. The van der Waals surface area contributed by atoms with E-state index in [2.05, 4.69) is 5.32 Å². The monoisotopic (exact) mass is 324 g/mol. The van der Waals surface area contributed by atoms with Gasteiger partial charge in [0.25, 0.3) is 5.91 Å². The summed E-state index contributed by atoms with van der Waals surface area (Å²) in [4.78, 5) is 39.4. The van der Waals surface area contributed by atoms with Crippen molar-refractivity contribution in [1.82, 2.24) is 15.1 Å². The first-order chi connectivity index (χ1) is 10.5. The standard InChI is InChI=1S/C14H20N4O3S/c1-10(16-13(20)11-3-2-8-22-11)14(21)18-6-4-17(5-7-18)9-12(15)19/h2-3,8,10H,4-7,9H2,1H3,(H2,15,19)(H,16,20). The number of primary amides is 1. The third-order valence-electron chi connectivity index (χ3n) is 3.53. The highest BCUT2D eigenvalue weighted by molar-refractivity contribution is 7.12. The van der Waals surface area contributed by atoms with Gasteiger partial charge in [0.2, 0.25) is 11.8 Å². The number of carbonyl (C=O) groups excluding carboxylic acids is 3. The maximum absolute atomic E-state index is 12.3. The van der Waals surface area contributed by atoms with Crippen molar-refractivity contribution in [3.63, 3.8) is 0 Å². The minimum Gasteiger partial charge on any atom is -0.369 e. The molecule has 0 spiro atoms. The molecule has 0 aliphatic carbocycles. The van der Waals surface area contributed by atoms with E-state index in [0.29, 0.717) is 31.1 Å². The minimum atomic E-state index is -0.572. The van der Waals surface area contributed by atoms with Crippen molar-refractivity contribution in [2.45, 2.75) is 13.0 Å². The highest BCUT2D eigenvalue weighted by atomic mass is 32.1. The van der Waals surface area contributed by atoms with Gasteiger partial charge in [0.15, 0.2) is 0 Å². The van der Waals surface area contributed by atoms with Crippen LogP contribution in [0.25, 0.3) is 0 Å². The van der Waals surface area contributed by atoms with Crippen molar-refractivity contribution in [3.05, 3.63) is 22.4 Å². The van der Waals surface area contributed by atoms with E-state index in [9.17, 15) is 14.4 Å². The molecular formula is C14H20N4O3S. The number of piperazine rings is 1. The minimum absolute atomic E-state index is 0.108. The van der Waals surface area contributed by atoms with Crippen molar-refractivity contribution in [2.24, 2.45) is 5.73 Å². The SMILES string of the molecule is CC(NC(=O)c1cccs1)C(=O)N1CCN(CC(N)=O)CC1. The fourth-order valence-electron chi connectivity index (χ4n) is 2.36. The van der Waals surface area contributed by atoms with Gasteiger partial charge in [-0.25, -0.2) is 0 Å². The summed E-state index contributed by atoms with van der Waals surface area (Å²) in [7, 11) is 0. The highest BCUT2D eigenvalue weighted by Gasteiger charge is 2.26. The molecule has 120 valence electrons. The zero-order chi connectivity index (χ0) is 16.1. The predicted molar refractivity (Wildman–Crippen MR) is 83.5 cm³/mol. The number of hydrogen-bond acceptors (Lipinski definition) is 5. The molecule has 1 aliphatic rings. The van der Waals surface area contributed by atoms with E-state index in [1.807, 2.05) is 10.3 Å².